The summed E-state index contributed by atoms with van der Waals surface area (Å²) in [5.74, 6) is 10.5. The Labute approximate surface area is 337 Å². The van der Waals surface area contributed by atoms with Crippen LogP contribution in [0.2, 0.25) is 0 Å². The molecule has 8 atom stereocenters. The van der Waals surface area contributed by atoms with E-state index in [0.29, 0.717) is 0 Å². The third-order valence-corrected chi connectivity index (χ3v) is 11.0. The highest BCUT2D eigenvalue weighted by Gasteiger charge is 2.49. The van der Waals surface area contributed by atoms with Crippen LogP contribution >= 0.6 is 0 Å². The van der Waals surface area contributed by atoms with Crippen LogP contribution in [-0.4, -0.2) is 35.5 Å². The Morgan fingerprint density at radius 2 is 0.537 bits per heavy atom. The summed E-state index contributed by atoms with van der Waals surface area (Å²) in [5, 5.41) is 0. The number of fused-ring (bicyclic) bond motifs is 10. The summed E-state index contributed by atoms with van der Waals surface area (Å²) < 4.78 is 13.4. The number of rotatable bonds is 1. The van der Waals surface area contributed by atoms with Gasteiger partial charge in [-0.05, 0) is 124 Å². The quantitative estimate of drug-likeness (QED) is 0.248. The molecule has 9 rings (SSSR count). The highest BCUT2D eigenvalue weighted by atomic mass is 16.5. The second-order valence-electron chi connectivity index (χ2n) is 13.8. The van der Waals surface area contributed by atoms with E-state index in [1.807, 2.05) is 159 Å². The molecule has 6 fully saturated rings. The fourth-order valence-corrected chi connectivity index (χ4v) is 9.36. The van der Waals surface area contributed by atoms with Crippen molar-refractivity contribution in [2.75, 3.05) is 35.5 Å². The summed E-state index contributed by atoms with van der Waals surface area (Å²) in [5.41, 5.74) is 0. The van der Waals surface area contributed by atoms with Crippen LogP contribution in [0.1, 0.15) is 132 Å². The fourth-order valence-electron chi connectivity index (χ4n) is 9.36. The first-order valence-corrected chi connectivity index (χ1v) is 22.1. The molecule has 310 valence electrons. The smallest absolute Gasteiger partial charge is 0.118 e. The van der Waals surface area contributed by atoms with Gasteiger partial charge in [-0.2, -0.15) is 0 Å². The topological polar surface area (TPSA) is 27.7 Å². The van der Waals surface area contributed by atoms with Crippen LogP contribution in [0.25, 0.3) is 0 Å². The van der Waals surface area contributed by atoms with Crippen LogP contribution < -0.4 is 4.74 Å². The third-order valence-electron chi connectivity index (χ3n) is 11.0. The minimum atomic E-state index is 0.910. The van der Waals surface area contributed by atoms with Gasteiger partial charge < -0.3 is 14.2 Å². The monoisotopic (exact) mass is 749 g/mol. The average Bonchev–Trinajstić information content (AvgIpc) is 4.13. The molecule has 0 spiro atoms. The van der Waals surface area contributed by atoms with Gasteiger partial charge in [0.1, 0.15) is 5.75 Å². The molecule has 6 aliphatic carbocycles. The zero-order valence-electron chi connectivity index (χ0n) is 37.6. The Morgan fingerprint density at radius 3 is 0.722 bits per heavy atom. The van der Waals surface area contributed by atoms with Gasteiger partial charge in [0.2, 0.25) is 0 Å². The zero-order valence-corrected chi connectivity index (χ0v) is 37.6. The minimum absolute atomic E-state index is 0.910. The second kappa shape index (κ2) is 38.6. The van der Waals surface area contributed by atoms with Crippen LogP contribution in [0, 0.1) is 47.3 Å². The van der Waals surface area contributed by atoms with E-state index >= 15 is 0 Å². The Hall–Kier alpha value is -2.62. The molecule has 3 nitrogen and oxygen atoms in total. The molecule has 3 heteroatoms. The summed E-state index contributed by atoms with van der Waals surface area (Å²) >= 11 is 0. The van der Waals surface area contributed by atoms with Crippen molar-refractivity contribution in [1.82, 2.24) is 0 Å². The number of methoxy groups -OCH3 is 3. The molecule has 6 aliphatic rings. The van der Waals surface area contributed by atoms with E-state index < -0.39 is 0 Å². The average molecular weight is 749 g/mol. The number of hydrogen-bond acceptors (Lipinski definition) is 3. The number of benzene rings is 3. The maximum Gasteiger partial charge on any atom is 0.118 e. The van der Waals surface area contributed by atoms with Crippen molar-refractivity contribution in [3.05, 3.63) is 103 Å². The van der Waals surface area contributed by atoms with Gasteiger partial charge in [0.25, 0.3) is 0 Å². The van der Waals surface area contributed by atoms with Gasteiger partial charge in [-0.15, -0.1) is 0 Å². The van der Waals surface area contributed by atoms with Crippen molar-refractivity contribution in [1.29, 1.82) is 0 Å². The van der Waals surface area contributed by atoms with Crippen molar-refractivity contribution < 1.29 is 14.2 Å². The summed E-state index contributed by atoms with van der Waals surface area (Å²) in [6.07, 6.45) is 19.1. The standard InChI is InChI=1S/2C10H16.C7H8O.2C6H6.2C2H6O.4C2H6/c2*1-2-9-7-4-5-8(6-7)10(9)3-1;1-8-7-5-3-2-4-6-7;2*1-2-4-6-5-3-1;2*1-3-2;4*1-2/h2*7-10H,1-6H2;2-6H,1H3;2*1-6H;2*1-2H3;4*1-2H3. The molecule has 6 saturated carbocycles. The van der Waals surface area contributed by atoms with Gasteiger partial charge in [0.15, 0.2) is 0 Å². The molecule has 0 N–H and O–H groups in total. The van der Waals surface area contributed by atoms with E-state index in [1.165, 1.54) is 47.3 Å². The first-order valence-electron chi connectivity index (χ1n) is 22.1. The van der Waals surface area contributed by atoms with E-state index in [4.69, 9.17) is 4.74 Å². The van der Waals surface area contributed by atoms with Crippen LogP contribution in [0.15, 0.2) is 103 Å². The van der Waals surface area contributed by atoms with E-state index in [9.17, 15) is 0 Å². The minimum Gasteiger partial charge on any atom is -0.497 e. The first-order chi connectivity index (χ1) is 26.7. The Kier molecular flexibility index (Phi) is 38.3. The maximum atomic E-state index is 4.91. The van der Waals surface area contributed by atoms with E-state index in [-0.39, 0.29) is 0 Å². The van der Waals surface area contributed by atoms with Gasteiger partial charge in [-0.25, -0.2) is 0 Å². The lowest BCUT2D eigenvalue weighted by Gasteiger charge is -2.23. The van der Waals surface area contributed by atoms with Crippen molar-refractivity contribution in [2.45, 2.75) is 132 Å². The molecular weight excluding hydrogens is 661 g/mol. The van der Waals surface area contributed by atoms with Crippen molar-refractivity contribution >= 4 is 0 Å². The molecule has 54 heavy (non-hydrogen) atoms. The zero-order chi connectivity index (χ0) is 40.8. The van der Waals surface area contributed by atoms with E-state index in [0.717, 1.165) is 5.75 Å². The summed E-state index contributed by atoms with van der Waals surface area (Å²) in [6.45, 7) is 16.0. The predicted octanol–water partition coefficient (Wildman–Crippen LogP) is 15.4. The third kappa shape index (κ3) is 21.5. The van der Waals surface area contributed by atoms with Crippen LogP contribution in [0.4, 0.5) is 0 Å². The number of para-hydroxylation sites is 1. The van der Waals surface area contributed by atoms with Gasteiger partial charge in [-0.1, -0.05) is 159 Å². The van der Waals surface area contributed by atoms with Gasteiger partial charge in [-0.3, -0.25) is 0 Å². The van der Waals surface area contributed by atoms with Crippen LogP contribution in [0.5, 0.6) is 5.75 Å². The highest BCUT2D eigenvalue weighted by Crippen LogP contribution is 2.59. The molecule has 0 saturated heterocycles. The van der Waals surface area contributed by atoms with Crippen LogP contribution in [0.3, 0.4) is 0 Å². The largest absolute Gasteiger partial charge is 0.497 e. The van der Waals surface area contributed by atoms with Crippen LogP contribution in [-0.2, 0) is 9.47 Å². The van der Waals surface area contributed by atoms with E-state index in [1.54, 1.807) is 113 Å². The Balaban J connectivity index is 0. The first kappa shape index (κ1) is 53.5. The molecule has 8 unspecified atom stereocenters. The van der Waals surface area contributed by atoms with Crippen molar-refractivity contribution in [2.24, 2.45) is 47.3 Å². The Morgan fingerprint density at radius 1 is 0.333 bits per heavy atom. The molecule has 0 radical (unpaired) electrons. The normalized spacial score (nSPS) is 25.5. The lowest BCUT2D eigenvalue weighted by atomic mass is 9.82. The van der Waals surface area contributed by atoms with E-state index in [2.05, 4.69) is 9.47 Å². The molecule has 0 aromatic heterocycles. The maximum absolute atomic E-state index is 4.91. The number of ether oxygens (including phenoxy) is 3. The SMILES string of the molecule is C1CC2C3CCC(C3)C2C1.C1CC2C3CCC(C3)C2C1.CC.CC.CC.CC.COC.COC.COc1ccccc1.c1ccccc1.c1ccccc1. The van der Waals surface area contributed by atoms with Crippen molar-refractivity contribution in [3.8, 4) is 5.75 Å². The summed E-state index contributed by atoms with van der Waals surface area (Å²) in [6, 6.07) is 33.7. The highest BCUT2D eigenvalue weighted by molar-refractivity contribution is 5.20. The predicted molar refractivity (Wildman–Crippen MR) is 240 cm³/mol. The van der Waals surface area contributed by atoms with Crippen molar-refractivity contribution in [3.63, 3.8) is 0 Å². The van der Waals surface area contributed by atoms with Gasteiger partial charge in [0, 0.05) is 28.4 Å². The molecule has 0 heterocycles. The van der Waals surface area contributed by atoms with Gasteiger partial charge >= 0.3 is 0 Å². The molecule has 4 bridgehead atoms. The summed E-state index contributed by atoms with van der Waals surface area (Å²) in [7, 11) is 8.16. The molecule has 0 aliphatic heterocycles. The second-order valence-corrected chi connectivity index (χ2v) is 13.8. The molecular formula is C51H88O3. The summed E-state index contributed by atoms with van der Waals surface area (Å²) in [4.78, 5) is 0. The molecule has 3 aromatic rings. The molecule has 3 aromatic carbocycles. The molecule has 0 amide bonds. The Bertz CT molecular complexity index is 937. The number of hydrogen-bond donors (Lipinski definition) is 0. The fraction of sp³-hybridized carbons (Fsp3) is 0.647. The lowest BCUT2D eigenvalue weighted by molar-refractivity contribution is 0.259. The lowest BCUT2D eigenvalue weighted by Crippen LogP contribution is -2.15. The van der Waals surface area contributed by atoms with Gasteiger partial charge in [0.05, 0.1) is 7.11 Å².